The van der Waals surface area contributed by atoms with Crippen LogP contribution in [0.15, 0.2) is 0 Å². The average Bonchev–Trinajstić information content (AvgIpc) is 4.00. The molecule has 0 saturated carbocycles. The van der Waals surface area contributed by atoms with Gasteiger partial charge in [0.2, 0.25) is 0 Å². The summed E-state index contributed by atoms with van der Waals surface area (Å²) in [4.78, 5) is 80.9. The number of rotatable bonds is 44. The molecule has 0 aromatic heterocycles. The van der Waals surface area contributed by atoms with Crippen LogP contribution in [0.1, 0.15) is 315 Å². The zero-order valence-corrected chi connectivity index (χ0v) is 56.3. The largest absolute Gasteiger partial charge is 0.471 e. The van der Waals surface area contributed by atoms with Crippen molar-refractivity contribution in [1.29, 1.82) is 0 Å². The molecule has 1 heterocycles. The minimum absolute atomic E-state index is 0.0251. The van der Waals surface area contributed by atoms with Gasteiger partial charge in [-0.15, -0.1) is 0 Å². The first-order valence-corrected chi connectivity index (χ1v) is 33.4. The lowest BCUT2D eigenvalue weighted by Gasteiger charge is -2.18. The molecule has 0 radical (unpaired) electrons. The molecule has 82 heavy (non-hydrogen) atoms. The summed E-state index contributed by atoms with van der Waals surface area (Å²) >= 11 is 0. The van der Waals surface area contributed by atoms with Gasteiger partial charge in [0.1, 0.15) is 11.9 Å². The molecule has 2 atom stereocenters. The fourth-order valence-corrected chi connectivity index (χ4v) is 7.43. The molecule has 0 bridgehead atoms. The van der Waals surface area contributed by atoms with Crippen LogP contribution >= 0.6 is 0 Å². The van der Waals surface area contributed by atoms with Gasteiger partial charge in [-0.2, -0.15) is 0 Å². The zero-order valence-electron chi connectivity index (χ0n) is 56.3. The van der Waals surface area contributed by atoms with E-state index in [1.54, 1.807) is 16.7 Å². The molecule has 0 N–H and O–H groups in total. The van der Waals surface area contributed by atoms with Gasteiger partial charge in [0.25, 0.3) is 6.47 Å². The highest BCUT2D eigenvalue weighted by molar-refractivity contribution is 5.78. The molecular formula is C67H134N2O13. The lowest BCUT2D eigenvalue weighted by Crippen LogP contribution is -2.36. The Morgan fingerprint density at radius 3 is 1.22 bits per heavy atom. The molecule has 15 heteroatoms. The molecular weight excluding hydrogens is 1040 g/mol. The molecule has 1 aliphatic rings. The van der Waals surface area contributed by atoms with Crippen LogP contribution in [-0.2, 0) is 57.2 Å². The molecule has 1 amide bonds. The predicted molar refractivity (Wildman–Crippen MR) is 340 cm³/mol. The molecule has 0 spiro atoms. The molecule has 15 nitrogen and oxygen atoms in total. The van der Waals surface area contributed by atoms with Gasteiger partial charge in [-0.05, 0) is 44.6 Å². The summed E-state index contributed by atoms with van der Waals surface area (Å²) < 4.78 is 29.8. The van der Waals surface area contributed by atoms with Crippen LogP contribution in [0.4, 0.5) is 4.79 Å². The van der Waals surface area contributed by atoms with Crippen molar-refractivity contribution in [2.24, 2.45) is 5.92 Å². The van der Waals surface area contributed by atoms with Gasteiger partial charge >= 0.3 is 30.0 Å². The number of methoxy groups -OCH3 is 1. The van der Waals surface area contributed by atoms with Crippen molar-refractivity contribution in [3.05, 3.63) is 0 Å². The standard InChI is InChI=1S/C22H43NO4.C14H28O2.C12H24O.C11H19NO4.C4H10.C2H4O2.C2H6/c1-4-7-9-11-13-15-17-26-21(24)19-23(6-3)20-22(25)27-18-16-14-12-10-8-5-2;1-4-6-7-8-9-10-11-16-14(15)12-13(3)5-2;1-3-5-6-7-8-9-10-11-12(13)4-2;1-3-7-15-11(14)12-6-5-9(8-12)16-10(13)4-2;1-3-4-2;1-4-2-3;1-2/h4-20H2,1-3H3;13H,4-12H2,1-3H3;3-11H2,1-2H3;9H,3-8H2,1-2H3;3-4H2,1-2H3;2H,1H3;1-2H3. The van der Waals surface area contributed by atoms with E-state index >= 15 is 0 Å². The second kappa shape index (κ2) is 77.2. The lowest BCUT2D eigenvalue weighted by molar-refractivity contribution is -0.149. The SMILES string of the molecule is CC.CCCC.CCCCCCCCCC(=O)CC.CCCCCCCCOC(=O)CC(C)CC.CCCCCCCCOC(=O)CN(CC)CC(=O)OCCCCCCCC.CCCOC(=O)N1CCC(OC(=O)CC)C1.COC=O. The fraction of sp³-hybridized carbons (Fsp3) is 0.896. The van der Waals surface area contributed by atoms with E-state index in [-0.39, 0.29) is 49.2 Å². The van der Waals surface area contributed by atoms with Crippen LogP contribution in [-0.4, -0.2) is 124 Å². The number of esters is 4. The molecule has 490 valence electrons. The van der Waals surface area contributed by atoms with Crippen molar-refractivity contribution in [2.45, 2.75) is 321 Å². The third-order valence-corrected chi connectivity index (χ3v) is 13.1. The Labute approximate surface area is 505 Å². The van der Waals surface area contributed by atoms with Crippen LogP contribution in [0.2, 0.25) is 0 Å². The minimum atomic E-state index is -0.308. The van der Waals surface area contributed by atoms with Crippen LogP contribution in [0.25, 0.3) is 0 Å². The van der Waals surface area contributed by atoms with Gasteiger partial charge in [0.05, 0.1) is 53.2 Å². The number of likely N-dealkylation sites (tertiary alicyclic amines) is 1. The average molecular weight is 1180 g/mol. The molecule has 0 aromatic carbocycles. The van der Waals surface area contributed by atoms with Gasteiger partial charge in [-0.3, -0.25) is 33.7 Å². The summed E-state index contributed by atoms with van der Waals surface area (Å²) in [6, 6.07) is 0. The predicted octanol–water partition coefficient (Wildman–Crippen LogP) is 17.7. The molecule has 1 fully saturated rings. The normalized spacial score (nSPS) is 12.2. The van der Waals surface area contributed by atoms with Crippen molar-refractivity contribution < 1.29 is 62.0 Å². The fourth-order valence-electron chi connectivity index (χ4n) is 7.43. The topological polar surface area (TPSA) is 181 Å². The van der Waals surface area contributed by atoms with Crippen molar-refractivity contribution in [3.8, 4) is 0 Å². The first kappa shape index (κ1) is 89.5. The Morgan fingerprint density at radius 1 is 0.488 bits per heavy atom. The third-order valence-electron chi connectivity index (χ3n) is 13.1. The number of carbonyl (C=O) groups excluding carboxylic acids is 7. The minimum Gasteiger partial charge on any atom is -0.471 e. The maximum absolute atomic E-state index is 11.9. The van der Waals surface area contributed by atoms with Gasteiger partial charge < -0.3 is 33.3 Å². The Kier molecular flexibility index (Phi) is 84.3. The highest BCUT2D eigenvalue weighted by Crippen LogP contribution is 2.15. The first-order valence-electron chi connectivity index (χ1n) is 33.4. The lowest BCUT2D eigenvalue weighted by atomic mass is 10.1. The quantitative estimate of drug-likeness (QED) is 0.0243. The summed E-state index contributed by atoms with van der Waals surface area (Å²) in [7, 11) is 1.31. The summed E-state index contributed by atoms with van der Waals surface area (Å²) in [5.74, 6) is 0.130. The number of ketones is 1. The second-order valence-corrected chi connectivity index (χ2v) is 20.9. The highest BCUT2D eigenvalue weighted by Gasteiger charge is 2.29. The van der Waals surface area contributed by atoms with Crippen LogP contribution < -0.4 is 0 Å². The second-order valence-electron chi connectivity index (χ2n) is 20.9. The Bertz CT molecular complexity index is 1330. The van der Waals surface area contributed by atoms with E-state index in [0.717, 1.165) is 64.2 Å². The monoisotopic (exact) mass is 1170 g/mol. The Balaban J connectivity index is -0.000000229. The number of carbonyl (C=O) groups is 7. The number of hydrogen-bond acceptors (Lipinski definition) is 14. The number of Topliss-reactive ketones (excluding diaryl/α,β-unsaturated/α-hetero) is 1. The molecule has 1 saturated heterocycles. The van der Waals surface area contributed by atoms with E-state index in [0.29, 0.717) is 83.5 Å². The van der Waals surface area contributed by atoms with Crippen LogP contribution in [0.3, 0.4) is 0 Å². The van der Waals surface area contributed by atoms with E-state index in [1.165, 1.54) is 142 Å². The third kappa shape index (κ3) is 76.2. The highest BCUT2D eigenvalue weighted by atomic mass is 16.6. The zero-order chi connectivity index (χ0) is 63.1. The van der Waals surface area contributed by atoms with E-state index in [4.69, 9.17) is 28.5 Å². The number of amides is 1. The smallest absolute Gasteiger partial charge is 0.409 e. The number of unbranched alkanes of at least 4 members (excludes halogenated alkanes) is 22. The Hall–Kier alpha value is -3.75. The van der Waals surface area contributed by atoms with Gasteiger partial charge in [0.15, 0.2) is 0 Å². The van der Waals surface area contributed by atoms with E-state index in [9.17, 15) is 28.8 Å². The van der Waals surface area contributed by atoms with Gasteiger partial charge in [-0.25, -0.2) is 4.79 Å². The summed E-state index contributed by atoms with van der Waals surface area (Å²) in [6.07, 6.45) is 37.7. The number of nitrogens with zero attached hydrogens (tertiary/aromatic N) is 2. The van der Waals surface area contributed by atoms with Crippen molar-refractivity contribution in [1.82, 2.24) is 9.80 Å². The number of ether oxygens (including phenoxy) is 6. The van der Waals surface area contributed by atoms with Crippen molar-refractivity contribution in [3.63, 3.8) is 0 Å². The molecule has 1 rings (SSSR count). The van der Waals surface area contributed by atoms with E-state index in [2.05, 4.69) is 60.1 Å². The van der Waals surface area contributed by atoms with Crippen molar-refractivity contribution in [2.75, 3.05) is 66.3 Å². The maximum Gasteiger partial charge on any atom is 0.409 e. The molecule has 0 aromatic rings. The van der Waals surface area contributed by atoms with E-state index in [1.807, 2.05) is 34.6 Å². The van der Waals surface area contributed by atoms with Gasteiger partial charge in [-0.1, -0.05) is 251 Å². The number of likely N-dealkylation sites (N-methyl/N-ethyl adjacent to an activating group) is 1. The maximum atomic E-state index is 11.9. The number of hydrogen-bond donors (Lipinski definition) is 0. The van der Waals surface area contributed by atoms with E-state index < -0.39 is 0 Å². The molecule has 1 aliphatic heterocycles. The van der Waals surface area contributed by atoms with Crippen molar-refractivity contribution >= 4 is 42.2 Å². The van der Waals surface area contributed by atoms with Gasteiger partial charge in [0, 0.05) is 38.6 Å². The van der Waals surface area contributed by atoms with Crippen LogP contribution in [0, 0.1) is 5.92 Å². The summed E-state index contributed by atoms with van der Waals surface area (Å²) in [5, 5.41) is 0. The first-order chi connectivity index (χ1) is 39.6. The Morgan fingerprint density at radius 2 is 0.878 bits per heavy atom. The molecule has 2 unspecified atom stereocenters. The summed E-state index contributed by atoms with van der Waals surface area (Å²) in [6.45, 7) is 33.4. The molecule has 0 aliphatic carbocycles. The summed E-state index contributed by atoms with van der Waals surface area (Å²) in [5.41, 5.74) is 0. The van der Waals surface area contributed by atoms with Crippen LogP contribution in [0.5, 0.6) is 0 Å².